The van der Waals surface area contributed by atoms with Crippen LogP contribution in [-0.2, 0) is 11.3 Å². The van der Waals surface area contributed by atoms with Crippen molar-refractivity contribution in [2.45, 2.75) is 25.8 Å². The van der Waals surface area contributed by atoms with Gasteiger partial charge in [0.25, 0.3) is 0 Å². The molecule has 1 aromatic rings. The highest BCUT2D eigenvalue weighted by Crippen LogP contribution is 2.26. The van der Waals surface area contributed by atoms with Crippen molar-refractivity contribution < 1.29 is 4.74 Å². The molecule has 1 aromatic heterocycles. The lowest BCUT2D eigenvalue weighted by Crippen LogP contribution is -2.35. The van der Waals surface area contributed by atoms with Crippen LogP contribution in [0.2, 0.25) is 5.02 Å². The Kier molecular flexibility index (Phi) is 5.29. The summed E-state index contributed by atoms with van der Waals surface area (Å²) in [5, 5.41) is 3.00. The largest absolute Gasteiger partial charge is 0.385 e. The van der Waals surface area contributed by atoms with Crippen molar-refractivity contribution in [1.29, 1.82) is 0 Å². The Hall–Kier alpha value is -0.0900. The second kappa shape index (κ2) is 6.74. The number of thiophene rings is 1. The molecule has 0 N–H and O–H groups in total. The molecular weight excluding hydrogens is 254 g/mol. The van der Waals surface area contributed by atoms with Crippen LogP contribution in [0.1, 0.15) is 24.1 Å². The Bertz CT molecular complexity index is 342. The Balaban J connectivity index is 1.83. The van der Waals surface area contributed by atoms with E-state index >= 15 is 0 Å². The minimum atomic E-state index is 0.794. The van der Waals surface area contributed by atoms with Crippen LogP contribution < -0.4 is 0 Å². The van der Waals surface area contributed by atoms with Gasteiger partial charge >= 0.3 is 0 Å². The van der Waals surface area contributed by atoms with Crippen molar-refractivity contribution in [2.75, 3.05) is 26.8 Å². The van der Waals surface area contributed by atoms with E-state index in [0.29, 0.717) is 0 Å². The fourth-order valence-corrected chi connectivity index (χ4v) is 3.59. The fourth-order valence-electron chi connectivity index (χ4n) is 2.46. The number of nitrogens with zero attached hydrogens (tertiary/aromatic N) is 1. The van der Waals surface area contributed by atoms with E-state index in [1.54, 1.807) is 18.4 Å². The highest BCUT2D eigenvalue weighted by molar-refractivity contribution is 7.10. The van der Waals surface area contributed by atoms with E-state index in [4.69, 9.17) is 16.3 Å². The summed E-state index contributed by atoms with van der Waals surface area (Å²) >= 11 is 7.91. The molecule has 4 heteroatoms. The molecule has 1 aliphatic heterocycles. The first-order valence-corrected chi connectivity index (χ1v) is 7.48. The van der Waals surface area contributed by atoms with Gasteiger partial charge < -0.3 is 4.74 Å². The smallest absolute Gasteiger partial charge is 0.0558 e. The predicted octanol–water partition coefficient (Wildman–Crippen LogP) is 3.65. The van der Waals surface area contributed by atoms with Gasteiger partial charge in [-0.2, -0.15) is 0 Å². The summed E-state index contributed by atoms with van der Waals surface area (Å²) in [5.41, 5.74) is 0. The lowest BCUT2D eigenvalue weighted by molar-refractivity contribution is 0.124. The third-order valence-electron chi connectivity index (χ3n) is 3.39. The molecule has 2 nitrogen and oxygen atoms in total. The number of halogens is 1. The SMILES string of the molecule is COCC[C@@H]1CCCN(Cc2sccc2Cl)C1. The van der Waals surface area contributed by atoms with Crippen molar-refractivity contribution in [3.8, 4) is 0 Å². The molecule has 2 heterocycles. The third-order valence-corrected chi connectivity index (χ3v) is 4.76. The van der Waals surface area contributed by atoms with E-state index in [1.165, 1.54) is 37.2 Å². The van der Waals surface area contributed by atoms with E-state index in [1.807, 2.05) is 6.07 Å². The molecule has 17 heavy (non-hydrogen) atoms. The van der Waals surface area contributed by atoms with Gasteiger partial charge in [0, 0.05) is 31.7 Å². The number of methoxy groups -OCH3 is 1. The Morgan fingerprint density at radius 3 is 3.18 bits per heavy atom. The van der Waals surface area contributed by atoms with Gasteiger partial charge in [0.05, 0.1) is 5.02 Å². The van der Waals surface area contributed by atoms with Gasteiger partial charge in [-0.3, -0.25) is 4.90 Å². The van der Waals surface area contributed by atoms with E-state index in [0.717, 1.165) is 24.1 Å². The summed E-state index contributed by atoms with van der Waals surface area (Å²) in [6, 6.07) is 1.99. The topological polar surface area (TPSA) is 12.5 Å². The van der Waals surface area contributed by atoms with Crippen molar-refractivity contribution in [1.82, 2.24) is 4.90 Å². The van der Waals surface area contributed by atoms with Crippen LogP contribution in [0.25, 0.3) is 0 Å². The number of ether oxygens (including phenoxy) is 1. The molecule has 0 unspecified atom stereocenters. The molecule has 1 atom stereocenters. The van der Waals surface area contributed by atoms with E-state index in [2.05, 4.69) is 10.3 Å². The first-order valence-electron chi connectivity index (χ1n) is 6.22. The quantitative estimate of drug-likeness (QED) is 0.812. The van der Waals surface area contributed by atoms with Crippen LogP contribution in [0.5, 0.6) is 0 Å². The molecule has 0 saturated carbocycles. The molecule has 96 valence electrons. The Morgan fingerprint density at radius 2 is 2.47 bits per heavy atom. The highest BCUT2D eigenvalue weighted by Gasteiger charge is 2.20. The van der Waals surface area contributed by atoms with Gasteiger partial charge in [0.15, 0.2) is 0 Å². The summed E-state index contributed by atoms with van der Waals surface area (Å²) in [5.74, 6) is 0.794. The first-order chi connectivity index (χ1) is 8.29. The summed E-state index contributed by atoms with van der Waals surface area (Å²) < 4.78 is 5.17. The summed E-state index contributed by atoms with van der Waals surface area (Å²) in [7, 11) is 1.78. The van der Waals surface area contributed by atoms with Crippen molar-refractivity contribution in [3.05, 3.63) is 21.3 Å². The van der Waals surface area contributed by atoms with E-state index in [9.17, 15) is 0 Å². The number of hydrogen-bond acceptors (Lipinski definition) is 3. The number of hydrogen-bond donors (Lipinski definition) is 0. The average Bonchev–Trinajstić information content (AvgIpc) is 2.73. The second-order valence-corrected chi connectivity index (χ2v) is 6.12. The van der Waals surface area contributed by atoms with Gasteiger partial charge in [-0.1, -0.05) is 11.6 Å². The summed E-state index contributed by atoms with van der Waals surface area (Å²) in [6.45, 7) is 4.30. The molecule has 1 aliphatic rings. The normalized spacial score (nSPS) is 21.9. The lowest BCUT2D eigenvalue weighted by atomic mass is 9.95. The second-order valence-electron chi connectivity index (χ2n) is 4.72. The van der Waals surface area contributed by atoms with Crippen molar-refractivity contribution in [3.63, 3.8) is 0 Å². The number of rotatable bonds is 5. The fraction of sp³-hybridized carbons (Fsp3) is 0.692. The maximum absolute atomic E-state index is 6.14. The van der Waals surface area contributed by atoms with E-state index in [-0.39, 0.29) is 0 Å². The van der Waals surface area contributed by atoms with Gasteiger partial charge in [0.2, 0.25) is 0 Å². The van der Waals surface area contributed by atoms with Gasteiger partial charge in [0.1, 0.15) is 0 Å². The molecule has 1 saturated heterocycles. The molecule has 0 aliphatic carbocycles. The zero-order chi connectivity index (χ0) is 12.1. The van der Waals surface area contributed by atoms with Crippen LogP contribution in [0.15, 0.2) is 11.4 Å². The number of piperidine rings is 1. The van der Waals surface area contributed by atoms with Crippen molar-refractivity contribution >= 4 is 22.9 Å². The summed E-state index contributed by atoms with van der Waals surface area (Å²) in [6.07, 6.45) is 3.83. The summed E-state index contributed by atoms with van der Waals surface area (Å²) in [4.78, 5) is 3.83. The van der Waals surface area contributed by atoms with E-state index < -0.39 is 0 Å². The van der Waals surface area contributed by atoms with Crippen LogP contribution in [0.3, 0.4) is 0 Å². The predicted molar refractivity (Wildman–Crippen MR) is 73.8 cm³/mol. The molecular formula is C13H20ClNOS. The van der Waals surface area contributed by atoms with Crippen LogP contribution in [-0.4, -0.2) is 31.7 Å². The molecule has 0 aromatic carbocycles. The van der Waals surface area contributed by atoms with Crippen LogP contribution >= 0.6 is 22.9 Å². The maximum Gasteiger partial charge on any atom is 0.0558 e. The molecule has 1 fully saturated rings. The minimum absolute atomic E-state index is 0.794. The monoisotopic (exact) mass is 273 g/mol. The Labute approximate surface area is 113 Å². The molecule has 0 amide bonds. The Morgan fingerprint density at radius 1 is 1.59 bits per heavy atom. The molecule has 2 rings (SSSR count). The zero-order valence-corrected chi connectivity index (χ0v) is 11.9. The van der Waals surface area contributed by atoms with Crippen LogP contribution in [0.4, 0.5) is 0 Å². The standard InChI is InChI=1S/C13H20ClNOS/c1-16-7-4-11-3-2-6-15(9-11)10-13-12(14)5-8-17-13/h5,8,11H,2-4,6-7,9-10H2,1H3/t11-/m0/s1. The molecule has 0 radical (unpaired) electrons. The van der Waals surface area contributed by atoms with Gasteiger partial charge in [-0.25, -0.2) is 0 Å². The zero-order valence-electron chi connectivity index (χ0n) is 10.3. The van der Waals surface area contributed by atoms with Crippen molar-refractivity contribution in [2.24, 2.45) is 5.92 Å². The third kappa shape index (κ3) is 3.95. The minimum Gasteiger partial charge on any atom is -0.385 e. The van der Waals surface area contributed by atoms with Gasteiger partial charge in [-0.15, -0.1) is 11.3 Å². The highest BCUT2D eigenvalue weighted by atomic mass is 35.5. The molecule has 0 spiro atoms. The lowest BCUT2D eigenvalue weighted by Gasteiger charge is -2.32. The molecule has 0 bridgehead atoms. The first kappa shape index (κ1) is 13.3. The number of likely N-dealkylation sites (tertiary alicyclic amines) is 1. The van der Waals surface area contributed by atoms with Gasteiger partial charge in [-0.05, 0) is 43.2 Å². The van der Waals surface area contributed by atoms with Crippen LogP contribution in [0, 0.1) is 5.92 Å². The maximum atomic E-state index is 6.14. The average molecular weight is 274 g/mol.